The first-order valence-electron chi connectivity index (χ1n) is 9.16. The number of carbonyl (C=O) groups is 1. The van der Waals surface area contributed by atoms with Gasteiger partial charge in [0.1, 0.15) is 5.78 Å². The van der Waals surface area contributed by atoms with Crippen molar-refractivity contribution >= 4 is 5.78 Å². The van der Waals surface area contributed by atoms with Crippen LogP contribution in [0.15, 0.2) is 0 Å². The summed E-state index contributed by atoms with van der Waals surface area (Å²) in [4.78, 5) is 11.3. The smallest absolute Gasteiger partial charge is 0.129 e. The van der Waals surface area contributed by atoms with Crippen molar-refractivity contribution in [1.82, 2.24) is 0 Å². The third kappa shape index (κ3) is 6.81. The predicted molar refractivity (Wildman–Crippen MR) is 101 cm³/mol. The van der Waals surface area contributed by atoms with E-state index in [2.05, 4.69) is 55.4 Å². The van der Waals surface area contributed by atoms with Crippen LogP contribution in [0, 0.1) is 10.8 Å². The minimum absolute atomic E-state index is 0.0260. The number of nitrogens with two attached hydrogens (primary N) is 1. The lowest BCUT2D eigenvalue weighted by molar-refractivity contribution is -0.136. The van der Waals surface area contributed by atoms with E-state index in [1.165, 1.54) is 0 Å². The van der Waals surface area contributed by atoms with Gasteiger partial charge in [0, 0.05) is 19.6 Å². The Labute approximate surface area is 149 Å². The molecule has 0 atom stereocenters. The summed E-state index contributed by atoms with van der Waals surface area (Å²) in [5, 5.41) is 0. The second-order valence-corrected chi connectivity index (χ2v) is 9.23. The van der Waals surface area contributed by atoms with Crippen molar-refractivity contribution in [2.24, 2.45) is 16.6 Å². The first-order chi connectivity index (χ1) is 10.7. The minimum atomic E-state index is -0.291. The quantitative estimate of drug-likeness (QED) is 0.572. The van der Waals surface area contributed by atoms with Crippen LogP contribution in [0.5, 0.6) is 0 Å². The highest BCUT2D eigenvalue weighted by atomic mass is 16.5. The molecule has 0 saturated heterocycles. The Morgan fingerprint density at radius 2 is 1.21 bits per heavy atom. The normalized spacial score (nSPS) is 14.1. The molecule has 0 aliphatic carbocycles. The van der Waals surface area contributed by atoms with Gasteiger partial charge in [-0.05, 0) is 58.3 Å². The molecular formula is C20H41NO3. The molecule has 0 aromatic heterocycles. The van der Waals surface area contributed by atoms with Crippen molar-refractivity contribution < 1.29 is 14.3 Å². The molecule has 0 aliphatic rings. The summed E-state index contributed by atoms with van der Waals surface area (Å²) in [7, 11) is 0. The van der Waals surface area contributed by atoms with Crippen molar-refractivity contribution in [1.29, 1.82) is 0 Å². The molecule has 0 amide bonds. The second kappa shape index (κ2) is 8.77. The van der Waals surface area contributed by atoms with Crippen LogP contribution in [0.2, 0.25) is 0 Å². The lowest BCUT2D eigenvalue weighted by atomic mass is 9.72. The summed E-state index contributed by atoms with van der Waals surface area (Å²) >= 11 is 0. The van der Waals surface area contributed by atoms with Crippen LogP contribution in [0.3, 0.4) is 0 Å². The maximum Gasteiger partial charge on any atom is 0.129 e. The summed E-state index contributed by atoms with van der Waals surface area (Å²) in [5.74, 6) is 0.235. The van der Waals surface area contributed by atoms with Crippen molar-refractivity contribution in [3.63, 3.8) is 0 Å². The van der Waals surface area contributed by atoms with Gasteiger partial charge < -0.3 is 20.0 Å². The van der Waals surface area contributed by atoms with E-state index >= 15 is 0 Å². The SMILES string of the molecule is CC(=O)CCC(C)(C)C(C)(C)OCCC(C)(C)C(C)(C)OCCN. The van der Waals surface area contributed by atoms with Crippen molar-refractivity contribution in [2.45, 2.75) is 92.8 Å². The number of Topliss-reactive ketones (excluding diaryl/α,β-unsaturated/α-hetero) is 1. The number of hydrogen-bond donors (Lipinski definition) is 1. The Morgan fingerprint density at radius 3 is 1.62 bits per heavy atom. The Balaban J connectivity index is 4.68. The van der Waals surface area contributed by atoms with E-state index < -0.39 is 0 Å². The van der Waals surface area contributed by atoms with Gasteiger partial charge in [-0.1, -0.05) is 27.7 Å². The van der Waals surface area contributed by atoms with Crippen LogP contribution in [0.1, 0.15) is 81.6 Å². The summed E-state index contributed by atoms with van der Waals surface area (Å²) in [6.07, 6.45) is 2.34. The molecule has 0 saturated carbocycles. The highest BCUT2D eigenvalue weighted by molar-refractivity contribution is 5.75. The fraction of sp³-hybridized carbons (Fsp3) is 0.950. The van der Waals surface area contributed by atoms with Gasteiger partial charge >= 0.3 is 0 Å². The maximum atomic E-state index is 11.3. The predicted octanol–water partition coefficient (Wildman–Crippen LogP) is 4.35. The lowest BCUT2D eigenvalue weighted by Crippen LogP contribution is -2.45. The molecule has 0 radical (unpaired) electrons. The number of rotatable bonds is 12. The monoisotopic (exact) mass is 343 g/mol. The minimum Gasteiger partial charge on any atom is -0.375 e. The number of carbonyl (C=O) groups excluding carboxylic acids is 1. The zero-order valence-corrected chi connectivity index (χ0v) is 17.5. The third-order valence-electron chi connectivity index (χ3n) is 6.13. The molecular weight excluding hydrogens is 302 g/mol. The zero-order valence-electron chi connectivity index (χ0n) is 17.5. The summed E-state index contributed by atoms with van der Waals surface area (Å²) in [6.45, 7) is 20.7. The van der Waals surface area contributed by atoms with Crippen molar-refractivity contribution in [3.05, 3.63) is 0 Å². The van der Waals surface area contributed by atoms with Gasteiger partial charge in [0.15, 0.2) is 0 Å². The van der Waals surface area contributed by atoms with Gasteiger partial charge in [-0.3, -0.25) is 0 Å². The van der Waals surface area contributed by atoms with Crippen LogP contribution in [0.4, 0.5) is 0 Å². The van der Waals surface area contributed by atoms with E-state index in [1.54, 1.807) is 6.92 Å². The van der Waals surface area contributed by atoms with E-state index in [4.69, 9.17) is 15.2 Å². The van der Waals surface area contributed by atoms with Crippen LogP contribution in [-0.4, -0.2) is 36.7 Å². The third-order valence-corrected chi connectivity index (χ3v) is 6.13. The Kier molecular flexibility index (Phi) is 8.61. The Hall–Kier alpha value is -0.450. The molecule has 4 heteroatoms. The Morgan fingerprint density at radius 1 is 0.792 bits per heavy atom. The van der Waals surface area contributed by atoms with E-state index in [9.17, 15) is 4.79 Å². The van der Waals surface area contributed by atoms with Gasteiger partial charge in [0.2, 0.25) is 0 Å². The molecule has 24 heavy (non-hydrogen) atoms. The Bertz CT molecular complexity index is 398. The second-order valence-electron chi connectivity index (χ2n) is 9.23. The topological polar surface area (TPSA) is 61.5 Å². The number of ketones is 1. The van der Waals surface area contributed by atoms with Gasteiger partial charge in [0.05, 0.1) is 17.8 Å². The molecule has 0 heterocycles. The standard InChI is InChI=1S/C20H41NO3/c1-16(22)10-11-17(2,3)19(6,7)23-14-12-18(4,5)20(8,9)24-15-13-21/h10-15,21H2,1-9H3. The average Bonchev–Trinajstić information content (AvgIpc) is 2.42. The summed E-state index contributed by atoms with van der Waals surface area (Å²) in [5.41, 5.74) is 4.92. The van der Waals surface area contributed by atoms with Crippen molar-refractivity contribution in [3.8, 4) is 0 Å². The molecule has 0 fully saturated rings. The lowest BCUT2D eigenvalue weighted by Gasteiger charge is -2.44. The first-order valence-corrected chi connectivity index (χ1v) is 9.16. The van der Waals surface area contributed by atoms with Crippen LogP contribution < -0.4 is 5.73 Å². The molecule has 0 bridgehead atoms. The summed E-state index contributed by atoms with van der Waals surface area (Å²) in [6, 6.07) is 0. The molecule has 2 N–H and O–H groups in total. The van der Waals surface area contributed by atoms with E-state index in [0.29, 0.717) is 26.2 Å². The maximum absolute atomic E-state index is 11.3. The zero-order chi connectivity index (χ0) is 19.2. The molecule has 0 rings (SSSR count). The molecule has 4 nitrogen and oxygen atoms in total. The van der Waals surface area contributed by atoms with Crippen LogP contribution >= 0.6 is 0 Å². The average molecular weight is 344 g/mol. The highest BCUT2D eigenvalue weighted by Crippen LogP contribution is 2.40. The largest absolute Gasteiger partial charge is 0.375 e. The van der Waals surface area contributed by atoms with Gasteiger partial charge in [-0.15, -0.1) is 0 Å². The van der Waals surface area contributed by atoms with Crippen LogP contribution in [-0.2, 0) is 14.3 Å². The van der Waals surface area contributed by atoms with Crippen molar-refractivity contribution in [2.75, 3.05) is 19.8 Å². The molecule has 0 aliphatic heterocycles. The van der Waals surface area contributed by atoms with Gasteiger partial charge in [-0.25, -0.2) is 0 Å². The van der Waals surface area contributed by atoms with E-state index in [0.717, 1.165) is 12.8 Å². The first kappa shape index (κ1) is 23.5. The van der Waals surface area contributed by atoms with Gasteiger partial charge in [-0.2, -0.15) is 0 Å². The fourth-order valence-corrected chi connectivity index (χ4v) is 2.36. The highest BCUT2D eigenvalue weighted by Gasteiger charge is 2.40. The molecule has 144 valence electrons. The van der Waals surface area contributed by atoms with E-state index in [-0.39, 0.29) is 27.8 Å². The number of hydrogen-bond acceptors (Lipinski definition) is 4. The fourth-order valence-electron chi connectivity index (χ4n) is 2.36. The van der Waals surface area contributed by atoms with Crippen LogP contribution in [0.25, 0.3) is 0 Å². The van der Waals surface area contributed by atoms with E-state index in [1.807, 2.05) is 0 Å². The molecule has 0 aromatic carbocycles. The van der Waals surface area contributed by atoms with Gasteiger partial charge in [0.25, 0.3) is 0 Å². The number of ether oxygens (including phenoxy) is 2. The molecule has 0 unspecified atom stereocenters. The molecule has 0 spiro atoms. The molecule has 0 aromatic rings. The summed E-state index contributed by atoms with van der Waals surface area (Å²) < 4.78 is 12.2.